The van der Waals surface area contributed by atoms with Gasteiger partial charge in [-0.2, -0.15) is 0 Å². The molecule has 1 N–H and O–H groups in total. The molecule has 2 aromatic carbocycles. The summed E-state index contributed by atoms with van der Waals surface area (Å²) < 4.78 is 38.0. The first-order valence-corrected chi connectivity index (χ1v) is 9.95. The number of nitrogens with zero attached hydrogens (tertiary/aromatic N) is 1. The number of aryl methyl sites for hydroxylation is 1. The van der Waals surface area contributed by atoms with Crippen LogP contribution in [0.15, 0.2) is 41.3 Å². The Hall–Kier alpha value is -2.03. The molecule has 0 saturated heterocycles. The van der Waals surface area contributed by atoms with Crippen LogP contribution in [-0.2, 0) is 14.6 Å². The van der Waals surface area contributed by atoms with Crippen LogP contribution in [0.3, 0.4) is 0 Å². The van der Waals surface area contributed by atoms with Crippen LogP contribution in [-0.4, -0.2) is 25.1 Å². The number of carbonyl (C=O) groups is 1. The number of fused-ring (bicyclic) bond motifs is 1. The highest BCUT2D eigenvalue weighted by molar-refractivity contribution is 7.92. The van der Waals surface area contributed by atoms with Crippen LogP contribution in [0.25, 0.3) is 10.2 Å². The van der Waals surface area contributed by atoms with Crippen molar-refractivity contribution in [3.8, 4) is 0 Å². The van der Waals surface area contributed by atoms with Crippen molar-refractivity contribution in [2.75, 3.05) is 11.1 Å². The molecule has 0 bridgehead atoms. The zero-order valence-electron chi connectivity index (χ0n) is 12.9. The molecule has 3 aromatic rings. The lowest BCUT2D eigenvalue weighted by molar-refractivity contribution is -0.113. The highest BCUT2D eigenvalue weighted by Gasteiger charge is 2.21. The number of hydrogen-bond donors (Lipinski definition) is 1. The molecule has 9 heteroatoms. The molecule has 0 fully saturated rings. The van der Waals surface area contributed by atoms with Crippen molar-refractivity contribution < 1.29 is 17.6 Å². The number of sulfone groups is 1. The van der Waals surface area contributed by atoms with Crippen molar-refractivity contribution in [3.05, 3.63) is 52.8 Å². The van der Waals surface area contributed by atoms with Gasteiger partial charge in [0.05, 0.1) is 20.1 Å². The van der Waals surface area contributed by atoms with Gasteiger partial charge in [-0.15, -0.1) is 0 Å². The van der Waals surface area contributed by atoms with Gasteiger partial charge in [-0.3, -0.25) is 4.79 Å². The quantitative estimate of drug-likeness (QED) is 0.678. The molecule has 0 atom stereocenters. The van der Waals surface area contributed by atoms with Crippen molar-refractivity contribution in [3.63, 3.8) is 0 Å². The first kappa shape index (κ1) is 17.8. The van der Waals surface area contributed by atoms with Gasteiger partial charge in [0.15, 0.2) is 15.0 Å². The van der Waals surface area contributed by atoms with Gasteiger partial charge >= 0.3 is 0 Å². The number of thiazole rings is 1. The number of amides is 1. The van der Waals surface area contributed by atoms with E-state index in [0.717, 1.165) is 34.5 Å². The second-order valence-electron chi connectivity index (χ2n) is 5.32. The predicted octanol–water partition coefficient (Wildman–Crippen LogP) is 3.81. The van der Waals surface area contributed by atoms with Gasteiger partial charge in [0.1, 0.15) is 11.6 Å². The number of aromatic nitrogens is 1. The maximum Gasteiger partial charge on any atom is 0.241 e. The Morgan fingerprint density at radius 1 is 1.24 bits per heavy atom. The molecule has 0 aliphatic heterocycles. The average Bonchev–Trinajstić information content (AvgIpc) is 2.95. The van der Waals surface area contributed by atoms with Gasteiger partial charge in [0, 0.05) is 0 Å². The van der Waals surface area contributed by atoms with Gasteiger partial charge in [-0.05, 0) is 42.8 Å². The first-order valence-electron chi connectivity index (χ1n) is 7.10. The summed E-state index contributed by atoms with van der Waals surface area (Å²) in [4.78, 5) is 16.3. The Balaban J connectivity index is 1.80. The summed E-state index contributed by atoms with van der Waals surface area (Å²) in [6.07, 6.45) is 0. The van der Waals surface area contributed by atoms with E-state index >= 15 is 0 Å². The SMILES string of the molecule is Cc1ccc(Cl)c2sc(NC(=O)CS(=O)(=O)c3ccc(F)cc3)nc12. The number of nitrogens with one attached hydrogen (secondary N) is 1. The number of carbonyl (C=O) groups excluding carboxylic acids is 1. The fourth-order valence-electron chi connectivity index (χ4n) is 2.21. The fraction of sp³-hybridized carbons (Fsp3) is 0.125. The van der Waals surface area contributed by atoms with E-state index in [-0.39, 0.29) is 10.0 Å². The monoisotopic (exact) mass is 398 g/mol. The van der Waals surface area contributed by atoms with Crippen molar-refractivity contribution >= 4 is 54.0 Å². The minimum Gasteiger partial charge on any atom is -0.301 e. The van der Waals surface area contributed by atoms with Crippen molar-refractivity contribution in [1.82, 2.24) is 4.98 Å². The molecule has 0 aliphatic rings. The van der Waals surface area contributed by atoms with Crippen molar-refractivity contribution in [1.29, 1.82) is 0 Å². The van der Waals surface area contributed by atoms with Gasteiger partial charge < -0.3 is 5.32 Å². The normalized spacial score (nSPS) is 11.6. The summed E-state index contributed by atoms with van der Waals surface area (Å²) >= 11 is 7.28. The van der Waals surface area contributed by atoms with Crippen molar-refractivity contribution in [2.45, 2.75) is 11.8 Å². The van der Waals surface area contributed by atoms with E-state index in [0.29, 0.717) is 10.5 Å². The van der Waals surface area contributed by atoms with Crippen LogP contribution < -0.4 is 5.32 Å². The molecule has 1 aromatic heterocycles. The van der Waals surface area contributed by atoms with E-state index in [1.165, 1.54) is 11.3 Å². The van der Waals surface area contributed by atoms with E-state index in [1.54, 1.807) is 6.07 Å². The van der Waals surface area contributed by atoms with Crippen LogP contribution in [0, 0.1) is 12.7 Å². The third-order valence-electron chi connectivity index (χ3n) is 3.44. The Bertz CT molecular complexity index is 1020. The average molecular weight is 399 g/mol. The van der Waals surface area contributed by atoms with E-state index in [9.17, 15) is 17.6 Å². The predicted molar refractivity (Wildman–Crippen MR) is 96.4 cm³/mol. The summed E-state index contributed by atoms with van der Waals surface area (Å²) in [5.74, 6) is -2.04. The Labute approximate surface area is 152 Å². The van der Waals surface area contributed by atoms with E-state index in [2.05, 4.69) is 10.3 Å². The molecule has 130 valence electrons. The summed E-state index contributed by atoms with van der Waals surface area (Å²) in [5.41, 5.74) is 1.56. The molecular formula is C16H12ClFN2O3S2. The van der Waals surface area contributed by atoms with Crippen LogP contribution in [0.4, 0.5) is 9.52 Å². The molecule has 0 aliphatic carbocycles. The maximum atomic E-state index is 12.9. The Morgan fingerprint density at radius 2 is 1.92 bits per heavy atom. The van der Waals surface area contributed by atoms with E-state index < -0.39 is 27.3 Å². The molecule has 25 heavy (non-hydrogen) atoms. The summed E-state index contributed by atoms with van der Waals surface area (Å²) in [6, 6.07) is 7.86. The first-order chi connectivity index (χ1) is 11.8. The third kappa shape index (κ3) is 3.81. The molecular weight excluding hydrogens is 387 g/mol. The van der Waals surface area contributed by atoms with E-state index in [4.69, 9.17) is 11.6 Å². The number of rotatable bonds is 4. The Kier molecular flexibility index (Phi) is 4.77. The molecule has 1 amide bonds. The minimum atomic E-state index is -3.87. The van der Waals surface area contributed by atoms with Crippen LogP contribution in [0.5, 0.6) is 0 Å². The molecule has 1 heterocycles. The molecule has 5 nitrogen and oxygen atoms in total. The van der Waals surface area contributed by atoms with Crippen molar-refractivity contribution in [2.24, 2.45) is 0 Å². The van der Waals surface area contributed by atoms with Gasteiger partial charge in [0.2, 0.25) is 5.91 Å². The number of anilines is 1. The molecule has 3 rings (SSSR count). The molecule has 0 spiro atoms. The number of hydrogen-bond acceptors (Lipinski definition) is 5. The number of halogens is 2. The lowest BCUT2D eigenvalue weighted by Gasteiger charge is -2.04. The second kappa shape index (κ2) is 6.70. The minimum absolute atomic E-state index is 0.118. The van der Waals surface area contributed by atoms with Gasteiger partial charge in [-0.1, -0.05) is 29.0 Å². The van der Waals surface area contributed by atoms with Gasteiger partial charge in [0.25, 0.3) is 0 Å². The molecule has 0 saturated carbocycles. The standard InChI is InChI=1S/C16H12ClFN2O3S2/c1-9-2-7-12(17)15-14(9)20-16(24-15)19-13(21)8-25(22,23)11-5-3-10(18)4-6-11/h2-7H,8H2,1H3,(H,19,20,21). The topological polar surface area (TPSA) is 76.1 Å². The van der Waals surface area contributed by atoms with Crippen LogP contribution in [0.2, 0.25) is 5.02 Å². The Morgan fingerprint density at radius 3 is 2.56 bits per heavy atom. The van der Waals surface area contributed by atoms with E-state index in [1.807, 2.05) is 13.0 Å². The fourth-order valence-corrected chi connectivity index (χ4v) is 4.58. The second-order valence-corrected chi connectivity index (χ2v) is 8.72. The van der Waals surface area contributed by atoms with Crippen LogP contribution >= 0.6 is 22.9 Å². The molecule has 0 unspecified atom stereocenters. The lowest BCUT2D eigenvalue weighted by Crippen LogP contribution is -2.22. The molecule has 0 radical (unpaired) electrons. The van der Waals surface area contributed by atoms with Gasteiger partial charge in [-0.25, -0.2) is 17.8 Å². The third-order valence-corrected chi connectivity index (χ3v) is 6.50. The summed E-state index contributed by atoms with van der Waals surface area (Å²) in [7, 11) is -3.87. The largest absolute Gasteiger partial charge is 0.301 e. The highest BCUT2D eigenvalue weighted by atomic mass is 35.5. The smallest absolute Gasteiger partial charge is 0.241 e. The number of benzene rings is 2. The highest BCUT2D eigenvalue weighted by Crippen LogP contribution is 2.33. The summed E-state index contributed by atoms with van der Waals surface area (Å²) in [5, 5.41) is 3.26. The maximum absolute atomic E-state index is 12.9. The zero-order valence-corrected chi connectivity index (χ0v) is 15.3. The zero-order chi connectivity index (χ0) is 18.2. The summed E-state index contributed by atoms with van der Waals surface area (Å²) in [6.45, 7) is 1.86. The van der Waals surface area contributed by atoms with Crippen LogP contribution in [0.1, 0.15) is 5.56 Å². The lowest BCUT2D eigenvalue weighted by atomic mass is 10.2.